The zero-order valence-corrected chi connectivity index (χ0v) is 12.4. The third-order valence-electron chi connectivity index (χ3n) is 3.17. The number of nitrogens with zero attached hydrogens (tertiary/aromatic N) is 1. The van der Waals surface area contributed by atoms with Crippen molar-refractivity contribution in [1.29, 1.82) is 5.26 Å². The molecule has 1 atom stereocenters. The Hall–Kier alpha value is -0.590. The van der Waals surface area contributed by atoms with Crippen molar-refractivity contribution < 1.29 is 4.74 Å². The molecule has 0 rings (SSSR count). The predicted octanol–water partition coefficient (Wildman–Crippen LogP) is 3.65. The molecule has 0 aromatic rings. The minimum atomic E-state index is -0.390. The normalized spacial score (nSPS) is 14.1. The summed E-state index contributed by atoms with van der Waals surface area (Å²) in [4.78, 5) is 0. The fourth-order valence-corrected chi connectivity index (χ4v) is 2.01. The Balaban J connectivity index is 3.37. The first-order chi connectivity index (χ1) is 8.68. The van der Waals surface area contributed by atoms with Crippen LogP contribution < -0.4 is 5.32 Å². The van der Waals surface area contributed by atoms with Gasteiger partial charge in [-0.25, -0.2) is 0 Å². The molecule has 3 nitrogen and oxygen atoms in total. The molecule has 3 heteroatoms. The minimum absolute atomic E-state index is 0.390. The van der Waals surface area contributed by atoms with Gasteiger partial charge in [0.25, 0.3) is 0 Å². The molecule has 0 aliphatic heterocycles. The highest BCUT2D eigenvalue weighted by Gasteiger charge is 2.21. The molecule has 0 fully saturated rings. The van der Waals surface area contributed by atoms with E-state index in [-0.39, 0.29) is 5.54 Å². The van der Waals surface area contributed by atoms with Crippen LogP contribution in [0.2, 0.25) is 0 Å². The van der Waals surface area contributed by atoms with Gasteiger partial charge in [0.2, 0.25) is 0 Å². The lowest BCUT2D eigenvalue weighted by molar-refractivity contribution is 0.122. The van der Waals surface area contributed by atoms with Gasteiger partial charge in [-0.15, -0.1) is 0 Å². The number of nitrogens with one attached hydrogen (secondary N) is 1. The Morgan fingerprint density at radius 3 is 2.33 bits per heavy atom. The number of unbranched alkanes of at least 4 members (excludes halogenated alkanes) is 4. The van der Waals surface area contributed by atoms with Gasteiger partial charge in [-0.05, 0) is 32.7 Å². The molecule has 0 bridgehead atoms. The van der Waals surface area contributed by atoms with Crippen LogP contribution in [0.3, 0.4) is 0 Å². The second-order valence-corrected chi connectivity index (χ2v) is 5.10. The van der Waals surface area contributed by atoms with E-state index in [1.807, 2.05) is 13.8 Å². The van der Waals surface area contributed by atoms with Crippen molar-refractivity contribution in [2.75, 3.05) is 19.8 Å². The maximum atomic E-state index is 9.09. The molecule has 106 valence electrons. The number of nitriles is 1. The molecule has 1 unspecified atom stereocenters. The van der Waals surface area contributed by atoms with E-state index in [1.54, 1.807) is 0 Å². The Bertz CT molecular complexity index is 225. The van der Waals surface area contributed by atoms with Crippen molar-refractivity contribution in [3.63, 3.8) is 0 Å². The molecular weight excluding hydrogens is 224 g/mol. The quantitative estimate of drug-likeness (QED) is 0.541. The van der Waals surface area contributed by atoms with Gasteiger partial charge in [0, 0.05) is 13.2 Å². The second-order valence-electron chi connectivity index (χ2n) is 5.10. The van der Waals surface area contributed by atoms with Gasteiger partial charge < -0.3 is 4.74 Å². The van der Waals surface area contributed by atoms with E-state index < -0.39 is 0 Å². The lowest BCUT2D eigenvalue weighted by Gasteiger charge is -2.22. The summed E-state index contributed by atoms with van der Waals surface area (Å²) in [5.41, 5.74) is -0.390. The van der Waals surface area contributed by atoms with Crippen molar-refractivity contribution in [3.8, 4) is 6.07 Å². The molecule has 0 heterocycles. The monoisotopic (exact) mass is 254 g/mol. The molecule has 0 aromatic carbocycles. The maximum Gasteiger partial charge on any atom is 0.104 e. The minimum Gasteiger partial charge on any atom is -0.381 e. The van der Waals surface area contributed by atoms with E-state index in [1.165, 1.54) is 32.1 Å². The molecule has 0 amide bonds. The highest BCUT2D eigenvalue weighted by molar-refractivity contribution is 5.03. The summed E-state index contributed by atoms with van der Waals surface area (Å²) in [6, 6.07) is 2.34. The van der Waals surface area contributed by atoms with Gasteiger partial charge >= 0.3 is 0 Å². The van der Waals surface area contributed by atoms with Crippen LogP contribution in [-0.4, -0.2) is 25.3 Å². The number of hydrogen-bond acceptors (Lipinski definition) is 3. The summed E-state index contributed by atoms with van der Waals surface area (Å²) in [6.07, 6.45) is 8.21. The van der Waals surface area contributed by atoms with Gasteiger partial charge in [-0.1, -0.05) is 39.5 Å². The molecule has 0 aliphatic rings. The average molecular weight is 254 g/mol. The summed E-state index contributed by atoms with van der Waals surface area (Å²) >= 11 is 0. The molecule has 0 aliphatic carbocycles. The van der Waals surface area contributed by atoms with Crippen molar-refractivity contribution in [1.82, 2.24) is 5.32 Å². The van der Waals surface area contributed by atoms with Crippen molar-refractivity contribution in [3.05, 3.63) is 0 Å². The average Bonchev–Trinajstić information content (AvgIpc) is 2.37. The topological polar surface area (TPSA) is 45.0 Å². The maximum absolute atomic E-state index is 9.09. The first-order valence-electron chi connectivity index (χ1n) is 7.42. The number of rotatable bonds is 12. The lowest BCUT2D eigenvalue weighted by Crippen LogP contribution is -2.40. The van der Waals surface area contributed by atoms with E-state index in [0.29, 0.717) is 0 Å². The SMILES string of the molecule is CCCCCCCOCCCC(C)(C#N)NCC. The first-order valence-corrected chi connectivity index (χ1v) is 7.42. The summed E-state index contributed by atoms with van der Waals surface area (Å²) in [5.74, 6) is 0. The van der Waals surface area contributed by atoms with Crippen molar-refractivity contribution in [2.45, 2.75) is 71.3 Å². The largest absolute Gasteiger partial charge is 0.381 e. The Morgan fingerprint density at radius 2 is 1.72 bits per heavy atom. The van der Waals surface area contributed by atoms with Crippen LogP contribution in [-0.2, 0) is 4.74 Å². The molecule has 0 saturated carbocycles. The highest BCUT2D eigenvalue weighted by atomic mass is 16.5. The van der Waals surface area contributed by atoms with E-state index >= 15 is 0 Å². The highest BCUT2D eigenvalue weighted by Crippen LogP contribution is 2.11. The zero-order chi connectivity index (χ0) is 13.7. The summed E-state index contributed by atoms with van der Waals surface area (Å²) in [6.45, 7) is 8.70. The molecular formula is C15H30N2O. The third-order valence-corrected chi connectivity index (χ3v) is 3.17. The lowest BCUT2D eigenvalue weighted by atomic mass is 9.98. The first kappa shape index (κ1) is 17.4. The standard InChI is InChI=1S/C15H30N2O/c1-4-6-7-8-9-12-18-13-10-11-15(3,14-16)17-5-2/h17H,4-13H2,1-3H3. The van der Waals surface area contributed by atoms with E-state index in [2.05, 4.69) is 18.3 Å². The molecule has 18 heavy (non-hydrogen) atoms. The summed E-state index contributed by atoms with van der Waals surface area (Å²) < 4.78 is 5.59. The second kappa shape index (κ2) is 11.5. The predicted molar refractivity (Wildman–Crippen MR) is 76.5 cm³/mol. The van der Waals surface area contributed by atoms with Crippen LogP contribution in [0.4, 0.5) is 0 Å². The van der Waals surface area contributed by atoms with Gasteiger partial charge in [-0.3, -0.25) is 5.32 Å². The fourth-order valence-electron chi connectivity index (χ4n) is 2.01. The van der Waals surface area contributed by atoms with Crippen LogP contribution in [0.25, 0.3) is 0 Å². The number of hydrogen-bond donors (Lipinski definition) is 1. The smallest absolute Gasteiger partial charge is 0.104 e. The summed E-state index contributed by atoms with van der Waals surface area (Å²) in [5, 5.41) is 12.3. The van der Waals surface area contributed by atoms with Gasteiger partial charge in [0.15, 0.2) is 0 Å². The van der Waals surface area contributed by atoms with E-state index in [9.17, 15) is 0 Å². The van der Waals surface area contributed by atoms with Crippen LogP contribution in [0.1, 0.15) is 65.7 Å². The molecule has 1 N–H and O–H groups in total. The molecule has 0 saturated heterocycles. The van der Waals surface area contributed by atoms with Crippen molar-refractivity contribution >= 4 is 0 Å². The Morgan fingerprint density at radius 1 is 1.06 bits per heavy atom. The molecule has 0 radical (unpaired) electrons. The zero-order valence-electron chi connectivity index (χ0n) is 12.4. The number of ether oxygens (including phenoxy) is 1. The van der Waals surface area contributed by atoms with Crippen LogP contribution in [0.5, 0.6) is 0 Å². The van der Waals surface area contributed by atoms with E-state index in [4.69, 9.17) is 10.00 Å². The van der Waals surface area contributed by atoms with E-state index in [0.717, 1.165) is 32.6 Å². The Labute approximate surface area is 113 Å². The Kier molecular flexibility index (Phi) is 11.1. The molecule has 0 aromatic heterocycles. The van der Waals surface area contributed by atoms with Crippen LogP contribution >= 0.6 is 0 Å². The van der Waals surface area contributed by atoms with Crippen LogP contribution in [0.15, 0.2) is 0 Å². The van der Waals surface area contributed by atoms with Crippen molar-refractivity contribution in [2.24, 2.45) is 0 Å². The van der Waals surface area contributed by atoms with Crippen LogP contribution in [0, 0.1) is 11.3 Å². The third kappa shape index (κ3) is 9.44. The van der Waals surface area contributed by atoms with Gasteiger partial charge in [0.1, 0.15) is 5.54 Å². The fraction of sp³-hybridized carbons (Fsp3) is 0.933. The van der Waals surface area contributed by atoms with Gasteiger partial charge in [0.05, 0.1) is 6.07 Å². The summed E-state index contributed by atoms with van der Waals surface area (Å²) in [7, 11) is 0. The molecule has 0 spiro atoms. The van der Waals surface area contributed by atoms with Gasteiger partial charge in [-0.2, -0.15) is 5.26 Å².